The van der Waals surface area contributed by atoms with E-state index >= 15 is 0 Å². The molecule has 0 fully saturated rings. The van der Waals surface area contributed by atoms with Gasteiger partial charge in [0, 0.05) is 19.1 Å². The number of furan rings is 1. The van der Waals surface area contributed by atoms with E-state index in [0.29, 0.717) is 24.1 Å². The molecule has 0 radical (unpaired) electrons. The predicted octanol–water partition coefficient (Wildman–Crippen LogP) is 1.43. The largest absolute Gasteiger partial charge is 0.478 e. The minimum absolute atomic E-state index is 0.116. The van der Waals surface area contributed by atoms with Crippen LogP contribution in [-0.4, -0.2) is 48.2 Å². The van der Waals surface area contributed by atoms with Gasteiger partial charge in [-0.25, -0.2) is 9.59 Å². The van der Waals surface area contributed by atoms with Gasteiger partial charge in [-0.3, -0.25) is 0 Å². The molecule has 0 saturated heterocycles. The van der Waals surface area contributed by atoms with Gasteiger partial charge in [0.15, 0.2) is 0 Å². The highest BCUT2D eigenvalue weighted by Gasteiger charge is 2.14. The number of nitrogens with zero attached hydrogens (tertiary/aromatic N) is 1. The molecule has 1 aromatic rings. The maximum atomic E-state index is 11.6. The Balaban J connectivity index is 2.33. The third kappa shape index (κ3) is 5.47. The van der Waals surface area contributed by atoms with Crippen LogP contribution in [0.25, 0.3) is 0 Å². The molecule has 0 aliphatic carbocycles. The zero-order valence-corrected chi connectivity index (χ0v) is 12.9. The lowest BCUT2D eigenvalue weighted by molar-refractivity contribution is 0.0695. The maximum Gasteiger partial charge on any atom is 0.339 e. The van der Waals surface area contributed by atoms with Crippen LogP contribution in [0.3, 0.4) is 0 Å². The highest BCUT2D eigenvalue weighted by molar-refractivity contribution is 5.88. The number of aromatic carboxylic acids is 1. The molecule has 118 valence electrons. The first-order valence-electron chi connectivity index (χ1n) is 6.85. The summed E-state index contributed by atoms with van der Waals surface area (Å²) in [5.74, 6) is -0.290. The Labute approximate surface area is 124 Å². The van der Waals surface area contributed by atoms with E-state index in [2.05, 4.69) is 29.4 Å². The molecule has 0 aliphatic rings. The van der Waals surface area contributed by atoms with Crippen LogP contribution < -0.4 is 10.6 Å². The molecule has 1 aromatic heterocycles. The second kappa shape index (κ2) is 7.68. The SMILES string of the molecule is Cc1oc(CNC(=O)NCCN(C)C(C)C)cc1C(=O)O. The lowest BCUT2D eigenvalue weighted by atomic mass is 10.2. The minimum atomic E-state index is -1.04. The van der Waals surface area contributed by atoms with Gasteiger partial charge in [0.2, 0.25) is 0 Å². The number of urea groups is 1. The van der Waals surface area contributed by atoms with Crippen molar-refractivity contribution in [3.63, 3.8) is 0 Å². The van der Waals surface area contributed by atoms with Crippen LogP contribution in [0.2, 0.25) is 0 Å². The molecular weight excluding hydrogens is 274 g/mol. The lowest BCUT2D eigenvalue weighted by Crippen LogP contribution is -2.40. The van der Waals surface area contributed by atoms with Crippen molar-refractivity contribution in [2.75, 3.05) is 20.1 Å². The van der Waals surface area contributed by atoms with Gasteiger partial charge in [-0.15, -0.1) is 0 Å². The van der Waals surface area contributed by atoms with Gasteiger partial charge in [-0.05, 0) is 33.9 Å². The van der Waals surface area contributed by atoms with Gasteiger partial charge in [0.05, 0.1) is 6.54 Å². The molecule has 1 rings (SSSR count). The summed E-state index contributed by atoms with van der Waals surface area (Å²) in [6.07, 6.45) is 0. The average Bonchev–Trinajstić information content (AvgIpc) is 2.77. The van der Waals surface area contributed by atoms with Gasteiger partial charge in [0.25, 0.3) is 0 Å². The molecule has 2 amide bonds. The van der Waals surface area contributed by atoms with Crippen molar-refractivity contribution >= 4 is 12.0 Å². The Morgan fingerprint density at radius 3 is 2.57 bits per heavy atom. The van der Waals surface area contributed by atoms with Crippen LogP contribution in [0, 0.1) is 6.92 Å². The Bertz CT molecular complexity index is 496. The quantitative estimate of drug-likeness (QED) is 0.707. The highest BCUT2D eigenvalue weighted by Crippen LogP contribution is 2.14. The lowest BCUT2D eigenvalue weighted by Gasteiger charge is -2.20. The number of carboxylic acids is 1. The normalized spacial score (nSPS) is 11.0. The highest BCUT2D eigenvalue weighted by atomic mass is 16.4. The summed E-state index contributed by atoms with van der Waals surface area (Å²) in [4.78, 5) is 24.6. The van der Waals surface area contributed by atoms with Crippen molar-refractivity contribution in [3.8, 4) is 0 Å². The van der Waals surface area contributed by atoms with Crippen LogP contribution in [0.1, 0.15) is 35.7 Å². The number of carboxylic acid groups (broad SMARTS) is 1. The minimum Gasteiger partial charge on any atom is -0.478 e. The Morgan fingerprint density at radius 1 is 1.38 bits per heavy atom. The van der Waals surface area contributed by atoms with Crippen LogP contribution >= 0.6 is 0 Å². The number of likely N-dealkylation sites (N-methyl/N-ethyl adjacent to an activating group) is 1. The number of hydrogen-bond acceptors (Lipinski definition) is 4. The fourth-order valence-electron chi connectivity index (χ4n) is 1.68. The summed E-state index contributed by atoms with van der Waals surface area (Å²) in [5.41, 5.74) is 0.116. The zero-order chi connectivity index (χ0) is 16.0. The topological polar surface area (TPSA) is 94.8 Å². The number of hydrogen-bond donors (Lipinski definition) is 3. The van der Waals surface area contributed by atoms with E-state index in [-0.39, 0.29) is 18.1 Å². The van der Waals surface area contributed by atoms with Crippen LogP contribution in [-0.2, 0) is 6.54 Å². The van der Waals surface area contributed by atoms with E-state index in [1.165, 1.54) is 6.07 Å². The van der Waals surface area contributed by atoms with E-state index in [0.717, 1.165) is 6.54 Å². The molecule has 0 aliphatic heterocycles. The van der Waals surface area contributed by atoms with Crippen molar-refractivity contribution in [1.82, 2.24) is 15.5 Å². The standard InChI is InChI=1S/C14H23N3O4/c1-9(2)17(4)6-5-15-14(20)16-8-11-7-12(13(18)19)10(3)21-11/h7,9H,5-6,8H2,1-4H3,(H,18,19)(H2,15,16,20). The number of nitrogens with one attached hydrogen (secondary N) is 2. The molecular formula is C14H23N3O4. The van der Waals surface area contributed by atoms with Crippen LogP contribution in [0.4, 0.5) is 4.79 Å². The average molecular weight is 297 g/mol. The Morgan fingerprint density at radius 2 is 2.05 bits per heavy atom. The van der Waals surface area contributed by atoms with E-state index in [1.54, 1.807) is 6.92 Å². The van der Waals surface area contributed by atoms with Crippen molar-refractivity contribution < 1.29 is 19.1 Å². The van der Waals surface area contributed by atoms with Crippen molar-refractivity contribution in [1.29, 1.82) is 0 Å². The molecule has 7 heteroatoms. The molecule has 1 heterocycles. The summed E-state index contributed by atoms with van der Waals surface area (Å²) in [6, 6.07) is 1.54. The molecule has 0 saturated carbocycles. The molecule has 0 bridgehead atoms. The van der Waals surface area contributed by atoms with Crippen molar-refractivity contribution in [2.24, 2.45) is 0 Å². The fourth-order valence-corrected chi connectivity index (χ4v) is 1.68. The Kier molecular flexibility index (Phi) is 6.23. The molecule has 0 aromatic carbocycles. The predicted molar refractivity (Wildman–Crippen MR) is 78.4 cm³/mol. The molecule has 21 heavy (non-hydrogen) atoms. The van der Waals surface area contributed by atoms with Gasteiger partial charge >= 0.3 is 12.0 Å². The summed E-state index contributed by atoms with van der Waals surface area (Å²) >= 11 is 0. The number of rotatable bonds is 7. The first-order chi connectivity index (χ1) is 9.81. The van der Waals surface area contributed by atoms with Crippen molar-refractivity contribution in [2.45, 2.75) is 33.4 Å². The monoisotopic (exact) mass is 297 g/mol. The number of carbonyl (C=O) groups is 2. The van der Waals surface area contributed by atoms with Gasteiger partial charge in [0.1, 0.15) is 17.1 Å². The molecule has 7 nitrogen and oxygen atoms in total. The maximum absolute atomic E-state index is 11.6. The van der Waals surface area contributed by atoms with Crippen molar-refractivity contribution in [3.05, 3.63) is 23.2 Å². The van der Waals surface area contributed by atoms with Crippen LogP contribution in [0.5, 0.6) is 0 Å². The molecule has 0 atom stereocenters. The molecule has 0 unspecified atom stereocenters. The van der Waals surface area contributed by atoms with E-state index in [9.17, 15) is 9.59 Å². The second-order valence-corrected chi connectivity index (χ2v) is 5.17. The summed E-state index contributed by atoms with van der Waals surface area (Å²) in [7, 11) is 1.99. The fraction of sp³-hybridized carbons (Fsp3) is 0.571. The van der Waals surface area contributed by atoms with Gasteiger partial charge in [-0.1, -0.05) is 0 Å². The molecule has 0 spiro atoms. The van der Waals surface area contributed by atoms with Gasteiger partial charge < -0.3 is 25.1 Å². The smallest absolute Gasteiger partial charge is 0.339 e. The summed E-state index contributed by atoms with van der Waals surface area (Å²) < 4.78 is 5.27. The first kappa shape index (κ1) is 17.0. The summed E-state index contributed by atoms with van der Waals surface area (Å²) in [6.45, 7) is 7.19. The number of amides is 2. The summed E-state index contributed by atoms with van der Waals surface area (Å²) in [5, 5.41) is 14.3. The van der Waals surface area contributed by atoms with Gasteiger partial charge in [-0.2, -0.15) is 0 Å². The second-order valence-electron chi connectivity index (χ2n) is 5.17. The van der Waals surface area contributed by atoms with E-state index in [1.807, 2.05) is 7.05 Å². The number of aryl methyl sites for hydroxylation is 1. The third-order valence-corrected chi connectivity index (χ3v) is 3.25. The first-order valence-corrected chi connectivity index (χ1v) is 6.85. The third-order valence-electron chi connectivity index (χ3n) is 3.25. The molecule has 3 N–H and O–H groups in total. The Hall–Kier alpha value is -2.02. The zero-order valence-electron chi connectivity index (χ0n) is 12.9. The van der Waals surface area contributed by atoms with Crippen LogP contribution in [0.15, 0.2) is 10.5 Å². The van der Waals surface area contributed by atoms with E-state index < -0.39 is 5.97 Å². The number of carbonyl (C=O) groups excluding carboxylic acids is 1. The van der Waals surface area contributed by atoms with E-state index in [4.69, 9.17) is 9.52 Å².